The fraction of sp³-hybridized carbons (Fsp3) is 0.516. The molecule has 2 aliphatic carbocycles. The molecular weight excluding hydrogens is 1030 g/mol. The Morgan fingerprint density at radius 1 is 0.537 bits per heavy atom. The second kappa shape index (κ2) is 22.7. The molecule has 7 heterocycles. The number of hydrogen-bond acceptors (Lipinski definition) is 16. The molecule has 2 N–H and O–H groups in total. The zero-order chi connectivity index (χ0) is 57.4. The van der Waals surface area contributed by atoms with E-state index in [1.54, 1.807) is 0 Å². The molecular formula is C62H78BClN6O10. The minimum Gasteiger partial charge on any atom is -0.469 e. The van der Waals surface area contributed by atoms with E-state index in [9.17, 15) is 9.59 Å². The van der Waals surface area contributed by atoms with Crippen LogP contribution in [0.2, 0.25) is 5.02 Å². The number of halogens is 1. The molecule has 4 aromatic carbocycles. The highest BCUT2D eigenvalue weighted by atomic mass is 35.5. The van der Waals surface area contributed by atoms with Gasteiger partial charge in [-0.25, -0.2) is 0 Å². The summed E-state index contributed by atoms with van der Waals surface area (Å²) in [5.74, 6) is 0.934. The molecule has 7 aliphatic rings. The molecule has 80 heavy (non-hydrogen) atoms. The average Bonchev–Trinajstić information content (AvgIpc) is 4.31. The van der Waals surface area contributed by atoms with Gasteiger partial charge in [-0.1, -0.05) is 124 Å². The number of hydrogen-bond donors (Lipinski definition) is 2. The molecule has 5 saturated heterocycles. The molecule has 7 fully saturated rings. The van der Waals surface area contributed by atoms with Crippen LogP contribution in [0.1, 0.15) is 156 Å². The molecule has 2 aromatic heterocycles. The highest BCUT2D eigenvalue weighted by Crippen LogP contribution is 2.56. The first kappa shape index (κ1) is 58.5. The fourth-order valence-electron chi connectivity index (χ4n) is 11.1. The third-order valence-corrected chi connectivity index (χ3v) is 17.4. The van der Waals surface area contributed by atoms with Gasteiger partial charge in [0, 0.05) is 38.1 Å². The summed E-state index contributed by atoms with van der Waals surface area (Å²) in [5, 5.41) is 23.4. The van der Waals surface area contributed by atoms with E-state index < -0.39 is 0 Å². The van der Waals surface area contributed by atoms with Crippen LogP contribution < -0.4 is 16.1 Å². The smallest absolute Gasteiger partial charge is 0.469 e. The first-order valence-corrected chi connectivity index (χ1v) is 28.2. The maximum absolute atomic E-state index is 11.8. The lowest BCUT2D eigenvalue weighted by Gasteiger charge is -2.53. The minimum atomic E-state index is -0.366. The number of esters is 2. The second-order valence-electron chi connectivity index (χ2n) is 25.5. The predicted molar refractivity (Wildman–Crippen MR) is 308 cm³/mol. The van der Waals surface area contributed by atoms with Crippen LogP contribution in [0.4, 0.5) is 23.4 Å². The van der Waals surface area contributed by atoms with E-state index in [-0.39, 0.29) is 63.1 Å². The van der Waals surface area contributed by atoms with Crippen LogP contribution in [-0.2, 0) is 59.9 Å². The van der Waals surface area contributed by atoms with Gasteiger partial charge >= 0.3 is 31.1 Å². The molecule has 0 amide bonds. The Morgan fingerprint density at radius 2 is 0.900 bits per heavy atom. The maximum Gasteiger partial charge on any atom is 0.494 e. The lowest BCUT2D eigenvalue weighted by atomic mass is 9.63. The zero-order valence-corrected chi connectivity index (χ0v) is 49.3. The Bertz CT molecular complexity index is 3030. The molecule has 6 aromatic rings. The van der Waals surface area contributed by atoms with Gasteiger partial charge in [0.15, 0.2) is 0 Å². The topological polar surface area (TPSA) is 191 Å². The molecule has 0 radical (unpaired) electrons. The standard InChI is InChI=1S/C28H33N3O4.C18H26BN3O3.C16H19ClO3/c1-26(2,3)24-30-31-25(35-24)29-22-11-7-20(8-12-22)19-5-9-21(10-6-19)28-15-13-27(14-16-28,18-34-28)17-23(32)33-4;1-16(2,3)14-21-22-15(23-14)20-13-10-8-12(9-11-13)19-24-17(4,5)18(6,7)25-19;1-19-14(18)10-15-6-8-16(9-7-15,20-11-15)12-2-4-13(17)5-3-12/h5-12H,13-18H2,1-4H3,(H,29,31);8-11H,1-7H3,(H,20,22);2-5H,6-11H2,1H3. The summed E-state index contributed by atoms with van der Waals surface area (Å²) in [5.41, 5.74) is 5.90. The number of benzene rings is 4. The summed E-state index contributed by atoms with van der Waals surface area (Å²) in [6.07, 6.45) is 8.76. The molecule has 4 bridgehead atoms. The van der Waals surface area contributed by atoms with Crippen LogP contribution >= 0.6 is 11.6 Å². The number of nitrogens with one attached hydrogen (secondary N) is 2. The van der Waals surface area contributed by atoms with E-state index in [4.69, 9.17) is 48.7 Å². The Labute approximate surface area is 476 Å². The number of methoxy groups -OCH3 is 2. The van der Waals surface area contributed by atoms with E-state index >= 15 is 0 Å². The molecule has 18 heteroatoms. The van der Waals surface area contributed by atoms with Gasteiger partial charge in [-0.2, -0.15) is 0 Å². The molecule has 0 atom stereocenters. The summed E-state index contributed by atoms with van der Waals surface area (Å²) < 4.78 is 45.8. The Balaban J connectivity index is 0.000000152. The largest absolute Gasteiger partial charge is 0.494 e. The third-order valence-electron chi connectivity index (χ3n) is 17.1. The van der Waals surface area contributed by atoms with Crippen molar-refractivity contribution in [2.45, 2.75) is 167 Å². The highest BCUT2D eigenvalue weighted by molar-refractivity contribution is 6.62. The summed E-state index contributed by atoms with van der Waals surface area (Å²) in [4.78, 5) is 23.4. The van der Waals surface area contributed by atoms with E-state index in [1.807, 2.05) is 118 Å². The molecule has 16 nitrogen and oxygen atoms in total. The Morgan fingerprint density at radius 3 is 1.24 bits per heavy atom. The van der Waals surface area contributed by atoms with Crippen LogP contribution in [0.25, 0.3) is 11.1 Å². The summed E-state index contributed by atoms with van der Waals surface area (Å²) in [7, 11) is 2.54. The fourth-order valence-corrected chi connectivity index (χ4v) is 11.2. The van der Waals surface area contributed by atoms with E-state index in [2.05, 4.69) is 79.6 Å². The van der Waals surface area contributed by atoms with Gasteiger partial charge in [0.2, 0.25) is 11.8 Å². The molecule has 0 spiro atoms. The van der Waals surface area contributed by atoms with Crippen molar-refractivity contribution in [2.24, 2.45) is 10.8 Å². The average molecular weight is 1110 g/mol. The quantitative estimate of drug-likeness (QED) is 0.0868. The van der Waals surface area contributed by atoms with Crippen molar-refractivity contribution in [3.05, 3.63) is 125 Å². The molecule has 426 valence electrons. The van der Waals surface area contributed by atoms with Crippen LogP contribution in [0, 0.1) is 10.8 Å². The lowest BCUT2D eigenvalue weighted by Crippen LogP contribution is -2.50. The Kier molecular flexibility index (Phi) is 16.6. The minimum absolute atomic E-state index is 0.0126. The number of nitrogens with zero attached hydrogens (tertiary/aromatic N) is 4. The molecule has 2 saturated carbocycles. The van der Waals surface area contributed by atoms with Gasteiger partial charge in [-0.3, -0.25) is 9.59 Å². The number of rotatable bonds is 12. The number of anilines is 4. The number of carbonyl (C=O) groups excluding carboxylic acids is 2. The first-order chi connectivity index (χ1) is 37.8. The van der Waals surface area contributed by atoms with Crippen molar-refractivity contribution in [3.63, 3.8) is 0 Å². The van der Waals surface area contributed by atoms with Gasteiger partial charge in [0.1, 0.15) is 0 Å². The van der Waals surface area contributed by atoms with Crippen molar-refractivity contribution in [2.75, 3.05) is 38.1 Å². The maximum atomic E-state index is 11.8. The van der Waals surface area contributed by atoms with Gasteiger partial charge in [0.05, 0.1) is 62.7 Å². The summed E-state index contributed by atoms with van der Waals surface area (Å²) >= 11 is 5.95. The molecule has 13 rings (SSSR count). The van der Waals surface area contributed by atoms with E-state index in [0.717, 1.165) is 84.4 Å². The normalized spacial score (nSPS) is 24.4. The first-order valence-electron chi connectivity index (χ1n) is 27.8. The van der Waals surface area contributed by atoms with Gasteiger partial charge in [0.25, 0.3) is 0 Å². The van der Waals surface area contributed by atoms with Crippen LogP contribution in [0.3, 0.4) is 0 Å². The SMILES string of the molecule is CC(C)(C)c1nnc(Nc2ccc(B3OC(C)(C)C(C)(C)O3)cc2)o1.COC(=O)CC12CCC(c3ccc(-c4ccc(Nc5nnc(C(C)(C)C)o5)cc4)cc3)(CC1)OC2.COC(=O)CC12CCC(c3ccc(Cl)cc3)(CC1)OC2. The number of aromatic nitrogens is 4. The van der Waals surface area contributed by atoms with Crippen molar-refractivity contribution in [1.82, 2.24) is 20.4 Å². The predicted octanol–water partition coefficient (Wildman–Crippen LogP) is 13.2. The van der Waals surface area contributed by atoms with Crippen molar-refractivity contribution in [1.29, 1.82) is 0 Å². The highest BCUT2D eigenvalue weighted by Gasteiger charge is 2.54. The summed E-state index contributed by atoms with van der Waals surface area (Å²) in [6, 6.07) is 33.4. The second-order valence-corrected chi connectivity index (χ2v) is 26.0. The number of ether oxygens (including phenoxy) is 4. The van der Waals surface area contributed by atoms with Gasteiger partial charge in [-0.05, 0) is 143 Å². The summed E-state index contributed by atoms with van der Waals surface area (Å²) in [6.45, 7) is 21.7. The van der Waals surface area contributed by atoms with Crippen molar-refractivity contribution < 1.29 is 46.7 Å². The van der Waals surface area contributed by atoms with Crippen molar-refractivity contribution >= 4 is 59.5 Å². The van der Waals surface area contributed by atoms with Crippen LogP contribution in [0.5, 0.6) is 0 Å². The van der Waals surface area contributed by atoms with Crippen LogP contribution in [0.15, 0.2) is 106 Å². The zero-order valence-electron chi connectivity index (χ0n) is 48.5. The molecule has 0 unspecified atom stereocenters. The number of fused-ring (bicyclic) bond motifs is 6. The van der Waals surface area contributed by atoms with Gasteiger partial charge in [-0.15, -0.1) is 10.2 Å². The lowest BCUT2D eigenvalue weighted by molar-refractivity contribution is -0.196. The molecule has 5 aliphatic heterocycles. The monoisotopic (exact) mass is 1110 g/mol. The third kappa shape index (κ3) is 13.0. The van der Waals surface area contributed by atoms with E-state index in [0.29, 0.717) is 49.9 Å². The Hall–Kier alpha value is -6.11. The van der Waals surface area contributed by atoms with Crippen molar-refractivity contribution in [3.8, 4) is 11.1 Å². The number of carbonyl (C=O) groups is 2. The van der Waals surface area contributed by atoms with E-state index in [1.165, 1.54) is 25.3 Å². The van der Waals surface area contributed by atoms with Crippen LogP contribution in [-0.4, -0.2) is 78.1 Å². The van der Waals surface area contributed by atoms with Gasteiger partial charge < -0.3 is 47.7 Å².